The standard InChI is InChI=1S/C13H13BrClN3O/c1-3-16-12-11(14)13(18-7-17-12)19-10-6-8(2)4-5-9(10)15/h4-7H,3H2,1-2H3,(H,16,17,18). The number of nitrogens with one attached hydrogen (secondary N) is 1. The monoisotopic (exact) mass is 341 g/mol. The van der Waals surface area contributed by atoms with Gasteiger partial charge in [-0.2, -0.15) is 0 Å². The Bertz CT molecular complexity index is 592. The van der Waals surface area contributed by atoms with Crippen molar-refractivity contribution < 1.29 is 4.74 Å². The second kappa shape index (κ2) is 6.21. The van der Waals surface area contributed by atoms with Crippen LogP contribution in [0.3, 0.4) is 0 Å². The van der Waals surface area contributed by atoms with Crippen molar-refractivity contribution in [3.05, 3.63) is 39.6 Å². The van der Waals surface area contributed by atoms with Crippen LogP contribution in [0.15, 0.2) is 29.0 Å². The first kappa shape index (κ1) is 14.1. The number of halogens is 2. The Labute approximate surface area is 125 Å². The molecule has 0 fully saturated rings. The highest BCUT2D eigenvalue weighted by atomic mass is 79.9. The third-order valence-electron chi connectivity index (χ3n) is 2.40. The molecule has 0 spiro atoms. The first-order valence-corrected chi connectivity index (χ1v) is 6.97. The Morgan fingerprint density at radius 2 is 2.16 bits per heavy atom. The highest BCUT2D eigenvalue weighted by molar-refractivity contribution is 9.10. The van der Waals surface area contributed by atoms with E-state index in [0.717, 1.165) is 12.1 Å². The summed E-state index contributed by atoms with van der Waals surface area (Å²) >= 11 is 9.53. The maximum Gasteiger partial charge on any atom is 0.238 e. The maximum atomic E-state index is 6.10. The second-order valence-electron chi connectivity index (χ2n) is 3.91. The first-order chi connectivity index (χ1) is 9.11. The van der Waals surface area contributed by atoms with E-state index in [9.17, 15) is 0 Å². The van der Waals surface area contributed by atoms with E-state index >= 15 is 0 Å². The van der Waals surface area contributed by atoms with Crippen molar-refractivity contribution in [2.45, 2.75) is 13.8 Å². The zero-order chi connectivity index (χ0) is 13.8. The predicted molar refractivity (Wildman–Crippen MR) is 80.2 cm³/mol. The summed E-state index contributed by atoms with van der Waals surface area (Å²) in [5.41, 5.74) is 1.07. The van der Waals surface area contributed by atoms with Gasteiger partial charge in [0.15, 0.2) is 0 Å². The number of hydrogen-bond acceptors (Lipinski definition) is 4. The molecule has 1 N–H and O–H groups in total. The topological polar surface area (TPSA) is 47.0 Å². The molecule has 0 saturated heterocycles. The molecule has 6 heteroatoms. The summed E-state index contributed by atoms with van der Waals surface area (Å²) in [7, 11) is 0. The molecule has 0 unspecified atom stereocenters. The fraction of sp³-hybridized carbons (Fsp3) is 0.231. The summed E-state index contributed by atoms with van der Waals surface area (Å²) in [6.07, 6.45) is 1.45. The summed E-state index contributed by atoms with van der Waals surface area (Å²) in [5.74, 6) is 1.69. The Hall–Kier alpha value is -1.33. The maximum absolute atomic E-state index is 6.10. The molecule has 1 heterocycles. The fourth-order valence-electron chi connectivity index (χ4n) is 1.51. The van der Waals surface area contributed by atoms with Crippen LogP contribution in [0.25, 0.3) is 0 Å². The average Bonchev–Trinajstić information content (AvgIpc) is 2.39. The van der Waals surface area contributed by atoms with Gasteiger partial charge in [0.05, 0.1) is 5.02 Å². The van der Waals surface area contributed by atoms with E-state index in [2.05, 4.69) is 31.2 Å². The molecule has 2 aromatic rings. The van der Waals surface area contributed by atoms with Crippen LogP contribution < -0.4 is 10.1 Å². The number of aryl methyl sites for hydroxylation is 1. The smallest absolute Gasteiger partial charge is 0.238 e. The number of nitrogens with zero attached hydrogens (tertiary/aromatic N) is 2. The van der Waals surface area contributed by atoms with Crippen molar-refractivity contribution >= 4 is 33.3 Å². The van der Waals surface area contributed by atoms with Crippen LogP contribution in [0.5, 0.6) is 11.6 Å². The van der Waals surface area contributed by atoms with Gasteiger partial charge in [-0.1, -0.05) is 17.7 Å². The number of ether oxygens (including phenoxy) is 1. The molecule has 0 saturated carbocycles. The second-order valence-corrected chi connectivity index (χ2v) is 5.11. The number of aromatic nitrogens is 2. The number of hydrogen-bond donors (Lipinski definition) is 1. The van der Waals surface area contributed by atoms with Gasteiger partial charge in [-0.15, -0.1) is 0 Å². The third-order valence-corrected chi connectivity index (χ3v) is 3.42. The fourth-order valence-corrected chi connectivity index (χ4v) is 2.09. The Morgan fingerprint density at radius 3 is 2.89 bits per heavy atom. The van der Waals surface area contributed by atoms with Crippen LogP contribution in [-0.2, 0) is 0 Å². The molecule has 1 aromatic heterocycles. The van der Waals surface area contributed by atoms with Crippen molar-refractivity contribution in [2.75, 3.05) is 11.9 Å². The largest absolute Gasteiger partial charge is 0.436 e. The van der Waals surface area contributed by atoms with Crippen LogP contribution in [0.4, 0.5) is 5.82 Å². The summed E-state index contributed by atoms with van der Waals surface area (Å²) < 4.78 is 6.41. The Balaban J connectivity index is 2.33. The van der Waals surface area contributed by atoms with E-state index in [0.29, 0.717) is 26.9 Å². The highest BCUT2D eigenvalue weighted by Gasteiger charge is 2.12. The zero-order valence-electron chi connectivity index (χ0n) is 10.6. The lowest BCUT2D eigenvalue weighted by Crippen LogP contribution is -2.02. The number of rotatable bonds is 4. The minimum absolute atomic E-state index is 0.429. The first-order valence-electron chi connectivity index (χ1n) is 5.80. The van der Waals surface area contributed by atoms with E-state index < -0.39 is 0 Å². The number of anilines is 1. The van der Waals surface area contributed by atoms with Gasteiger partial charge in [0.2, 0.25) is 5.88 Å². The molecule has 0 aliphatic rings. The van der Waals surface area contributed by atoms with Crippen molar-refractivity contribution in [3.63, 3.8) is 0 Å². The SMILES string of the molecule is CCNc1ncnc(Oc2cc(C)ccc2Cl)c1Br. The molecule has 1 aromatic carbocycles. The highest BCUT2D eigenvalue weighted by Crippen LogP contribution is 2.35. The van der Waals surface area contributed by atoms with E-state index in [1.165, 1.54) is 6.33 Å². The summed E-state index contributed by atoms with van der Waals surface area (Å²) in [4.78, 5) is 8.24. The van der Waals surface area contributed by atoms with Gasteiger partial charge in [0.1, 0.15) is 22.4 Å². The van der Waals surface area contributed by atoms with E-state index in [-0.39, 0.29) is 0 Å². The van der Waals surface area contributed by atoms with Gasteiger partial charge < -0.3 is 10.1 Å². The van der Waals surface area contributed by atoms with Crippen LogP contribution in [0.2, 0.25) is 5.02 Å². The third kappa shape index (κ3) is 3.36. The molecular formula is C13H13BrClN3O. The van der Waals surface area contributed by atoms with Crippen LogP contribution >= 0.6 is 27.5 Å². The molecule has 0 amide bonds. The molecule has 2 rings (SSSR count). The Kier molecular flexibility index (Phi) is 4.61. The molecule has 0 radical (unpaired) electrons. The lowest BCUT2D eigenvalue weighted by Gasteiger charge is -2.11. The minimum atomic E-state index is 0.429. The van der Waals surface area contributed by atoms with Crippen LogP contribution in [0, 0.1) is 6.92 Å². The number of benzene rings is 1. The molecule has 0 bridgehead atoms. The molecule has 4 nitrogen and oxygen atoms in total. The van der Waals surface area contributed by atoms with Gasteiger partial charge in [0.25, 0.3) is 0 Å². The average molecular weight is 343 g/mol. The van der Waals surface area contributed by atoms with E-state index in [1.807, 2.05) is 26.0 Å². The molecule has 19 heavy (non-hydrogen) atoms. The van der Waals surface area contributed by atoms with Gasteiger partial charge in [-0.25, -0.2) is 9.97 Å². The summed E-state index contributed by atoms with van der Waals surface area (Å²) in [6, 6.07) is 5.59. The molecule has 100 valence electrons. The minimum Gasteiger partial charge on any atom is -0.436 e. The van der Waals surface area contributed by atoms with E-state index in [4.69, 9.17) is 16.3 Å². The lowest BCUT2D eigenvalue weighted by molar-refractivity contribution is 0.458. The van der Waals surface area contributed by atoms with Gasteiger partial charge in [-0.05, 0) is 47.5 Å². The van der Waals surface area contributed by atoms with Gasteiger partial charge in [0, 0.05) is 6.54 Å². The quantitative estimate of drug-likeness (QED) is 0.893. The van der Waals surface area contributed by atoms with Crippen LogP contribution in [0.1, 0.15) is 12.5 Å². The summed E-state index contributed by atoms with van der Waals surface area (Å²) in [6.45, 7) is 4.73. The predicted octanol–water partition coefficient (Wildman–Crippen LogP) is 4.43. The van der Waals surface area contributed by atoms with Crippen molar-refractivity contribution in [1.82, 2.24) is 9.97 Å². The van der Waals surface area contributed by atoms with Crippen LogP contribution in [-0.4, -0.2) is 16.5 Å². The van der Waals surface area contributed by atoms with E-state index in [1.54, 1.807) is 6.07 Å². The summed E-state index contributed by atoms with van der Waals surface area (Å²) in [5, 5.41) is 3.66. The van der Waals surface area contributed by atoms with Gasteiger partial charge in [-0.3, -0.25) is 0 Å². The molecule has 0 aliphatic heterocycles. The zero-order valence-corrected chi connectivity index (χ0v) is 12.9. The lowest BCUT2D eigenvalue weighted by atomic mass is 10.2. The Morgan fingerprint density at radius 1 is 1.37 bits per heavy atom. The van der Waals surface area contributed by atoms with Crippen molar-refractivity contribution in [3.8, 4) is 11.6 Å². The van der Waals surface area contributed by atoms with Crippen molar-refractivity contribution in [1.29, 1.82) is 0 Å². The normalized spacial score (nSPS) is 10.3. The van der Waals surface area contributed by atoms with Crippen molar-refractivity contribution in [2.24, 2.45) is 0 Å². The van der Waals surface area contributed by atoms with Gasteiger partial charge >= 0.3 is 0 Å². The molecular weight excluding hydrogens is 330 g/mol. The molecule has 0 aliphatic carbocycles. The molecule has 0 atom stereocenters.